The van der Waals surface area contributed by atoms with Crippen LogP contribution in [0.3, 0.4) is 0 Å². The third kappa shape index (κ3) is 2.11. The highest BCUT2D eigenvalue weighted by molar-refractivity contribution is 5.91. The summed E-state index contributed by atoms with van der Waals surface area (Å²) in [6.07, 6.45) is 2.95. The van der Waals surface area contributed by atoms with Crippen molar-refractivity contribution in [3.05, 3.63) is 36.5 Å². The summed E-state index contributed by atoms with van der Waals surface area (Å²) in [6.45, 7) is 19.5. The van der Waals surface area contributed by atoms with Crippen LogP contribution in [0.5, 0.6) is 0 Å². The number of hydrogen-bond donors (Lipinski definition) is 0. The van der Waals surface area contributed by atoms with Gasteiger partial charge in [0.2, 0.25) is 0 Å². The van der Waals surface area contributed by atoms with Gasteiger partial charge in [-0.05, 0) is 36.5 Å². The minimum atomic E-state index is -0.205. The lowest BCUT2D eigenvalue weighted by atomic mass is 9.75. The van der Waals surface area contributed by atoms with Gasteiger partial charge in [0.1, 0.15) is 6.10 Å². The lowest BCUT2D eigenvalue weighted by Gasteiger charge is -2.30. The van der Waals surface area contributed by atoms with Gasteiger partial charge in [-0.25, -0.2) is 4.79 Å². The van der Waals surface area contributed by atoms with Crippen molar-refractivity contribution in [3.63, 3.8) is 0 Å². The molecule has 0 unspecified atom stereocenters. The van der Waals surface area contributed by atoms with Crippen LogP contribution in [0.15, 0.2) is 36.5 Å². The van der Waals surface area contributed by atoms with E-state index in [2.05, 4.69) is 40.5 Å². The highest BCUT2D eigenvalue weighted by Crippen LogP contribution is 2.57. The number of fused-ring (bicyclic) bond motifs is 3. The molecule has 1 saturated heterocycles. The Hall–Kier alpha value is -1.31. The van der Waals surface area contributed by atoms with Crippen LogP contribution in [0.4, 0.5) is 0 Å². The van der Waals surface area contributed by atoms with Crippen LogP contribution >= 0.6 is 0 Å². The minimum absolute atomic E-state index is 0.0610. The predicted molar refractivity (Wildman–Crippen MR) is 84.6 cm³/mol. The third-order valence-corrected chi connectivity index (χ3v) is 5.85. The first-order chi connectivity index (χ1) is 9.71. The topological polar surface area (TPSA) is 26.3 Å². The Morgan fingerprint density at radius 3 is 2.43 bits per heavy atom. The lowest BCUT2D eigenvalue weighted by molar-refractivity contribution is -0.141. The van der Waals surface area contributed by atoms with Crippen molar-refractivity contribution < 1.29 is 9.53 Å². The van der Waals surface area contributed by atoms with E-state index in [-0.39, 0.29) is 29.3 Å². The van der Waals surface area contributed by atoms with Crippen molar-refractivity contribution in [2.75, 3.05) is 0 Å². The summed E-state index contributed by atoms with van der Waals surface area (Å²) >= 11 is 0. The monoisotopic (exact) mass is 286 g/mol. The van der Waals surface area contributed by atoms with Crippen molar-refractivity contribution in [1.82, 2.24) is 0 Å². The molecule has 3 aliphatic rings. The number of esters is 1. The fourth-order valence-electron chi connectivity index (χ4n) is 4.63. The summed E-state index contributed by atoms with van der Waals surface area (Å²) in [6, 6.07) is 0. The van der Waals surface area contributed by atoms with Gasteiger partial charge in [0.05, 0.1) is 0 Å². The Balaban J connectivity index is 1.99. The molecule has 0 radical (unpaired) electrons. The fraction of sp³-hybridized carbons (Fsp3) is 0.632. The summed E-state index contributed by atoms with van der Waals surface area (Å²) in [5, 5.41) is 0. The lowest BCUT2D eigenvalue weighted by Crippen LogP contribution is -2.29. The molecule has 2 saturated carbocycles. The second kappa shape index (κ2) is 4.59. The summed E-state index contributed by atoms with van der Waals surface area (Å²) in [4.78, 5) is 11.9. The molecule has 2 nitrogen and oxygen atoms in total. The zero-order valence-electron chi connectivity index (χ0n) is 13.4. The Kier molecular flexibility index (Phi) is 3.20. The van der Waals surface area contributed by atoms with Gasteiger partial charge in [0, 0.05) is 17.4 Å². The first-order valence-corrected chi connectivity index (χ1v) is 7.98. The largest absolute Gasteiger partial charge is 0.458 e. The van der Waals surface area contributed by atoms with E-state index in [0.29, 0.717) is 17.4 Å². The number of allylic oxidation sites excluding steroid dienone is 1. The van der Waals surface area contributed by atoms with Crippen molar-refractivity contribution in [2.45, 2.75) is 46.1 Å². The molecule has 1 aliphatic heterocycles. The van der Waals surface area contributed by atoms with E-state index in [4.69, 9.17) is 4.74 Å². The van der Waals surface area contributed by atoms with Gasteiger partial charge in [-0.1, -0.05) is 51.7 Å². The first kappa shape index (κ1) is 14.6. The Labute approximate surface area is 127 Å². The van der Waals surface area contributed by atoms with Crippen LogP contribution in [0.1, 0.15) is 40.0 Å². The van der Waals surface area contributed by atoms with E-state index in [1.807, 2.05) is 0 Å². The van der Waals surface area contributed by atoms with E-state index < -0.39 is 0 Å². The normalized spacial score (nSPS) is 39.9. The van der Waals surface area contributed by atoms with Crippen LogP contribution in [-0.4, -0.2) is 12.1 Å². The maximum Gasteiger partial charge on any atom is 0.334 e. The SMILES string of the molecule is C=C1C(=O)O[C@@H]2[C@H]3C(=C)[C@@H](C(C)(C)C)C[C@H]3C(=C)CC[C@@H]12. The van der Waals surface area contributed by atoms with Crippen LogP contribution in [-0.2, 0) is 9.53 Å². The number of carbonyl (C=O) groups excluding carboxylic acids is 1. The molecule has 0 aromatic carbocycles. The molecule has 3 fully saturated rings. The third-order valence-electron chi connectivity index (χ3n) is 5.85. The van der Waals surface area contributed by atoms with Crippen molar-refractivity contribution in [2.24, 2.45) is 29.1 Å². The molecule has 114 valence electrons. The standard InChI is InChI=1S/C19H26O2/c1-10-7-8-13-11(2)18(20)21-17(13)16-12(3)15(9-14(10)16)19(4,5)6/h13-17H,1-3,7-9H2,4-6H3/t13-,14-,15-,16-,17-/m0/s1. The highest BCUT2D eigenvalue weighted by Gasteiger charge is 2.54. The van der Waals surface area contributed by atoms with E-state index in [0.717, 1.165) is 19.3 Å². The van der Waals surface area contributed by atoms with Gasteiger partial charge in [-0.15, -0.1) is 0 Å². The van der Waals surface area contributed by atoms with Gasteiger partial charge in [0.15, 0.2) is 0 Å². The van der Waals surface area contributed by atoms with Crippen molar-refractivity contribution >= 4 is 5.97 Å². The molecule has 0 amide bonds. The number of rotatable bonds is 0. The molecule has 1 heterocycles. The van der Waals surface area contributed by atoms with Gasteiger partial charge in [0.25, 0.3) is 0 Å². The van der Waals surface area contributed by atoms with Gasteiger partial charge in [-0.3, -0.25) is 0 Å². The molecule has 2 aliphatic carbocycles. The molecule has 5 atom stereocenters. The molecule has 2 heteroatoms. The average Bonchev–Trinajstić information content (AvgIpc) is 2.81. The zero-order chi connectivity index (χ0) is 15.5. The van der Waals surface area contributed by atoms with Crippen LogP contribution in [0.25, 0.3) is 0 Å². The van der Waals surface area contributed by atoms with Crippen LogP contribution in [0, 0.1) is 29.1 Å². The van der Waals surface area contributed by atoms with Crippen LogP contribution < -0.4 is 0 Å². The van der Waals surface area contributed by atoms with E-state index >= 15 is 0 Å². The average molecular weight is 286 g/mol. The second-order valence-electron chi connectivity index (χ2n) is 8.06. The Morgan fingerprint density at radius 2 is 1.81 bits per heavy atom. The molecule has 21 heavy (non-hydrogen) atoms. The molecular weight excluding hydrogens is 260 g/mol. The molecule has 0 aromatic heterocycles. The summed E-state index contributed by atoms with van der Waals surface area (Å²) in [5.74, 6) is 1.06. The second-order valence-corrected chi connectivity index (χ2v) is 8.06. The number of hydrogen-bond acceptors (Lipinski definition) is 2. The van der Waals surface area contributed by atoms with Gasteiger partial charge < -0.3 is 4.74 Å². The maximum absolute atomic E-state index is 11.9. The zero-order valence-corrected chi connectivity index (χ0v) is 13.4. The number of ether oxygens (including phenoxy) is 1. The van der Waals surface area contributed by atoms with E-state index in [1.165, 1.54) is 11.1 Å². The summed E-state index contributed by atoms with van der Waals surface area (Å²) in [5.41, 5.74) is 3.42. The predicted octanol–water partition coefficient (Wildman–Crippen LogP) is 4.29. The van der Waals surface area contributed by atoms with Crippen LogP contribution in [0.2, 0.25) is 0 Å². The quantitative estimate of drug-likeness (QED) is 0.377. The summed E-state index contributed by atoms with van der Waals surface area (Å²) < 4.78 is 5.71. The summed E-state index contributed by atoms with van der Waals surface area (Å²) in [7, 11) is 0. The molecule has 0 aromatic rings. The minimum Gasteiger partial charge on any atom is -0.458 e. The molecule has 0 bridgehead atoms. The molecule has 3 rings (SSSR count). The highest BCUT2D eigenvalue weighted by atomic mass is 16.6. The van der Waals surface area contributed by atoms with Crippen molar-refractivity contribution in [3.8, 4) is 0 Å². The van der Waals surface area contributed by atoms with Gasteiger partial charge in [-0.2, -0.15) is 0 Å². The maximum atomic E-state index is 11.9. The molecule has 0 N–H and O–H groups in total. The fourth-order valence-corrected chi connectivity index (χ4v) is 4.63. The Morgan fingerprint density at radius 1 is 1.14 bits per heavy atom. The molecular formula is C19H26O2. The van der Waals surface area contributed by atoms with Crippen molar-refractivity contribution in [1.29, 1.82) is 0 Å². The molecule has 0 spiro atoms. The first-order valence-electron chi connectivity index (χ1n) is 7.98. The van der Waals surface area contributed by atoms with E-state index in [9.17, 15) is 4.79 Å². The smallest absolute Gasteiger partial charge is 0.334 e. The van der Waals surface area contributed by atoms with E-state index in [1.54, 1.807) is 0 Å². The Bertz CT molecular complexity index is 534. The number of carbonyl (C=O) groups is 1. The van der Waals surface area contributed by atoms with Gasteiger partial charge >= 0.3 is 5.97 Å².